The summed E-state index contributed by atoms with van der Waals surface area (Å²) in [5.41, 5.74) is 0.542. The Bertz CT molecular complexity index is 85.6. The van der Waals surface area contributed by atoms with Crippen LogP contribution in [0.1, 0.15) is 34.1 Å². The van der Waals surface area contributed by atoms with E-state index < -0.39 is 0 Å². The first-order valence-corrected chi connectivity index (χ1v) is 3.01. The van der Waals surface area contributed by atoms with Gasteiger partial charge in [0.25, 0.3) is 0 Å². The zero-order valence-electron chi connectivity index (χ0n) is 6.62. The van der Waals surface area contributed by atoms with Crippen LogP contribution in [0.15, 0.2) is 0 Å². The molecule has 0 heterocycles. The van der Waals surface area contributed by atoms with E-state index in [9.17, 15) is 0 Å². The molecule has 0 saturated carbocycles. The van der Waals surface area contributed by atoms with Gasteiger partial charge in [0, 0.05) is 0 Å². The quantitative estimate of drug-likeness (QED) is 0.396. The largest absolute Gasteiger partial charge is 0.231 e. The highest BCUT2D eigenvalue weighted by atomic mass is 16.1. The minimum atomic E-state index is 0.542. The van der Waals surface area contributed by atoms with Crippen LogP contribution in [0.25, 0.3) is 0 Å². The Hall–Kier alpha value is -0.620. The topological polar surface area (TPSA) is 40.9 Å². The van der Waals surface area contributed by atoms with E-state index in [1.54, 1.807) is 0 Å². The smallest absolute Gasteiger partial charge is 0.222 e. The first kappa shape index (κ1) is 11.2. The van der Waals surface area contributed by atoms with Gasteiger partial charge in [0.15, 0.2) is 0 Å². The molecule has 0 aromatic heterocycles. The average Bonchev–Trinajstić information content (AvgIpc) is 1.67. The maximum atomic E-state index is 8.35. The van der Waals surface area contributed by atoms with Crippen molar-refractivity contribution in [2.24, 2.45) is 5.41 Å². The molecule has 0 aliphatic rings. The lowest BCUT2D eigenvalue weighted by atomic mass is 9.94. The molecule has 0 aromatic carbocycles. The number of isocyanates is 1. The van der Waals surface area contributed by atoms with Crippen molar-refractivity contribution in [3.63, 3.8) is 0 Å². The van der Waals surface area contributed by atoms with Gasteiger partial charge in [0.2, 0.25) is 6.08 Å². The number of rotatable bonds is 0. The molecule has 0 fully saturated rings. The van der Waals surface area contributed by atoms with Gasteiger partial charge in [0.05, 0.1) is 0 Å². The molecule has 0 spiro atoms. The predicted octanol–water partition coefficient (Wildman–Crippen LogP) is 2.34. The summed E-state index contributed by atoms with van der Waals surface area (Å²) in [5.74, 6) is 0. The normalized spacial score (nSPS) is 8.89. The van der Waals surface area contributed by atoms with Gasteiger partial charge in [-0.25, -0.2) is 10.2 Å². The molecule has 2 heteroatoms. The van der Waals surface area contributed by atoms with Crippen LogP contribution in [0.4, 0.5) is 0 Å². The Morgan fingerprint density at radius 1 is 1.44 bits per heavy atom. The summed E-state index contributed by atoms with van der Waals surface area (Å²) in [4.78, 5) is 8.35. The molecule has 0 aliphatic heterocycles. The van der Waals surface area contributed by atoms with Crippen LogP contribution in [0.2, 0.25) is 0 Å². The lowest BCUT2D eigenvalue weighted by molar-refractivity contribution is 0.398. The highest BCUT2D eigenvalue weighted by Crippen LogP contribution is 2.16. The summed E-state index contributed by atoms with van der Waals surface area (Å²) in [6.07, 6.45) is 2.02. The van der Waals surface area contributed by atoms with E-state index in [0.717, 1.165) is 6.08 Å². The van der Waals surface area contributed by atoms with Crippen LogP contribution in [0, 0.1) is 10.8 Å². The number of hydrogen-bond acceptors (Lipinski definition) is 2. The van der Waals surface area contributed by atoms with Crippen LogP contribution < -0.4 is 0 Å². The number of carbonyl (C=O) groups excluding carboxylic acids is 1. The van der Waals surface area contributed by atoms with Crippen molar-refractivity contribution in [1.82, 2.24) is 0 Å². The maximum absolute atomic E-state index is 8.35. The molecule has 54 valence electrons. The third-order valence-corrected chi connectivity index (χ3v) is 1.06. The average molecular weight is 129 g/mol. The second-order valence-electron chi connectivity index (χ2n) is 3.02. The van der Waals surface area contributed by atoms with Gasteiger partial charge in [0.1, 0.15) is 0 Å². The van der Waals surface area contributed by atoms with Crippen LogP contribution >= 0.6 is 0 Å². The number of hydrogen-bond donors (Lipinski definition) is 1. The van der Waals surface area contributed by atoms with E-state index in [2.05, 4.69) is 27.7 Å². The lowest BCUT2D eigenvalue weighted by Gasteiger charge is -2.12. The van der Waals surface area contributed by atoms with E-state index in [4.69, 9.17) is 10.2 Å². The second kappa shape index (κ2) is 5.52. The Morgan fingerprint density at radius 2 is 1.56 bits per heavy atom. The van der Waals surface area contributed by atoms with Gasteiger partial charge < -0.3 is 0 Å². The fourth-order valence-corrected chi connectivity index (χ4v) is 0. The maximum Gasteiger partial charge on any atom is 0.231 e. The molecule has 0 amide bonds. The second-order valence-corrected chi connectivity index (χ2v) is 3.02. The highest BCUT2D eigenvalue weighted by Gasteiger charge is 2.03. The highest BCUT2D eigenvalue weighted by molar-refractivity contribution is 5.26. The molecule has 2 nitrogen and oxygen atoms in total. The Balaban J connectivity index is 0. The molecule has 0 atom stereocenters. The zero-order chi connectivity index (χ0) is 7.91. The summed E-state index contributed by atoms with van der Waals surface area (Å²) in [6.45, 7) is 8.94. The van der Waals surface area contributed by atoms with E-state index in [1.165, 1.54) is 6.42 Å². The molecule has 0 saturated heterocycles. The fourth-order valence-electron chi connectivity index (χ4n) is 0. The molecule has 1 N–H and O–H groups in total. The summed E-state index contributed by atoms with van der Waals surface area (Å²) in [7, 11) is 0. The molecule has 0 bridgehead atoms. The van der Waals surface area contributed by atoms with Crippen molar-refractivity contribution in [2.45, 2.75) is 34.1 Å². The molecule has 0 unspecified atom stereocenters. The first-order valence-electron chi connectivity index (χ1n) is 3.01. The minimum absolute atomic E-state index is 0.542. The van der Waals surface area contributed by atoms with Gasteiger partial charge in [-0.15, -0.1) is 0 Å². The van der Waals surface area contributed by atoms with Crippen molar-refractivity contribution < 1.29 is 4.79 Å². The van der Waals surface area contributed by atoms with Crippen molar-refractivity contribution in [3.05, 3.63) is 0 Å². The van der Waals surface area contributed by atoms with Crippen LogP contribution in [0.5, 0.6) is 0 Å². The molecular formula is C7H15NO. The number of nitrogens with one attached hydrogen (secondary N) is 1. The summed E-state index contributed by atoms with van der Waals surface area (Å²) in [5, 5.41) is 5.40. The summed E-state index contributed by atoms with van der Waals surface area (Å²) in [6, 6.07) is 0. The molecule has 0 aliphatic carbocycles. The van der Waals surface area contributed by atoms with E-state index >= 15 is 0 Å². The Labute approximate surface area is 56.8 Å². The molecule has 0 rings (SSSR count). The first-order chi connectivity index (χ1) is 3.97. The van der Waals surface area contributed by atoms with Gasteiger partial charge in [-0.05, 0) is 5.41 Å². The van der Waals surface area contributed by atoms with E-state index in [0.29, 0.717) is 5.41 Å². The third kappa shape index (κ3) is 37.7. The van der Waals surface area contributed by atoms with Gasteiger partial charge >= 0.3 is 0 Å². The van der Waals surface area contributed by atoms with Crippen LogP contribution in [-0.4, -0.2) is 6.08 Å². The third-order valence-electron chi connectivity index (χ3n) is 1.06. The molecule has 0 aromatic rings. The van der Waals surface area contributed by atoms with E-state index in [-0.39, 0.29) is 0 Å². The standard InChI is InChI=1S/C6H14.CHNO/c1-5-6(2,3)4;2-1-3/h5H2,1-4H3;2H. The molecule has 9 heavy (non-hydrogen) atoms. The summed E-state index contributed by atoms with van der Waals surface area (Å²) < 4.78 is 0. The van der Waals surface area contributed by atoms with Gasteiger partial charge in [-0.1, -0.05) is 34.1 Å². The van der Waals surface area contributed by atoms with Gasteiger partial charge in [-0.2, -0.15) is 0 Å². The van der Waals surface area contributed by atoms with Crippen molar-refractivity contribution >= 4 is 6.08 Å². The van der Waals surface area contributed by atoms with Crippen LogP contribution in [0.3, 0.4) is 0 Å². The monoisotopic (exact) mass is 129 g/mol. The fraction of sp³-hybridized carbons (Fsp3) is 0.857. The lowest BCUT2D eigenvalue weighted by Crippen LogP contribution is -2.00. The van der Waals surface area contributed by atoms with E-state index in [1.807, 2.05) is 0 Å². The molecule has 0 radical (unpaired) electrons. The molecular weight excluding hydrogens is 114 g/mol. The Kier molecular flexibility index (Phi) is 6.87. The summed E-state index contributed by atoms with van der Waals surface area (Å²) >= 11 is 0. The minimum Gasteiger partial charge on any atom is -0.222 e. The van der Waals surface area contributed by atoms with Crippen LogP contribution in [-0.2, 0) is 4.79 Å². The SMILES string of the molecule is CCC(C)(C)C.N=C=O. The zero-order valence-corrected chi connectivity index (χ0v) is 6.62. The van der Waals surface area contributed by atoms with Crippen molar-refractivity contribution in [3.8, 4) is 0 Å². The van der Waals surface area contributed by atoms with Crippen molar-refractivity contribution in [1.29, 1.82) is 5.41 Å². The predicted molar refractivity (Wildman–Crippen MR) is 38.2 cm³/mol. The van der Waals surface area contributed by atoms with Gasteiger partial charge in [-0.3, -0.25) is 0 Å². The van der Waals surface area contributed by atoms with Crippen molar-refractivity contribution in [2.75, 3.05) is 0 Å². The Morgan fingerprint density at radius 3 is 1.56 bits per heavy atom.